The molecule has 0 amide bonds. The summed E-state index contributed by atoms with van der Waals surface area (Å²) in [5, 5.41) is 4.65. The van der Waals surface area contributed by atoms with Crippen molar-refractivity contribution in [3.63, 3.8) is 0 Å². The minimum Gasteiger partial charge on any atom is -0.322 e. The molecular weight excluding hydrogens is 252 g/mol. The molecule has 90 valence electrons. The predicted octanol–water partition coefficient (Wildman–Crippen LogP) is 3.04. The Balaban J connectivity index is 1.95. The summed E-state index contributed by atoms with van der Waals surface area (Å²) in [6, 6.07) is 3.95. The van der Waals surface area contributed by atoms with Crippen molar-refractivity contribution in [1.82, 2.24) is 4.98 Å². The Bertz CT molecular complexity index is 488. The van der Waals surface area contributed by atoms with Crippen LogP contribution in [0.4, 0.5) is 0 Å². The molecule has 2 N–H and O–H groups in total. The highest BCUT2D eigenvalue weighted by atomic mass is 32.1. The lowest BCUT2D eigenvalue weighted by atomic mass is 10.1. The van der Waals surface area contributed by atoms with Crippen molar-refractivity contribution < 1.29 is 4.79 Å². The van der Waals surface area contributed by atoms with E-state index < -0.39 is 0 Å². The third-order valence-electron chi connectivity index (χ3n) is 2.38. The molecule has 1 atom stereocenters. The van der Waals surface area contributed by atoms with Crippen molar-refractivity contribution >= 4 is 28.5 Å². The highest BCUT2D eigenvalue weighted by molar-refractivity contribution is 7.10. The molecule has 2 rings (SSSR count). The molecule has 0 aromatic carbocycles. The van der Waals surface area contributed by atoms with Gasteiger partial charge in [0, 0.05) is 16.7 Å². The molecular formula is C12H14N2OS2. The van der Waals surface area contributed by atoms with Crippen LogP contribution in [0, 0.1) is 0 Å². The minimum absolute atomic E-state index is 0.0983. The maximum absolute atomic E-state index is 11.9. The summed E-state index contributed by atoms with van der Waals surface area (Å²) in [6.45, 7) is 1.87. The summed E-state index contributed by atoms with van der Waals surface area (Å²) in [7, 11) is 0. The van der Waals surface area contributed by atoms with Crippen LogP contribution in [0.25, 0.3) is 0 Å². The van der Waals surface area contributed by atoms with Gasteiger partial charge in [0.15, 0.2) is 5.78 Å². The Labute approximate surface area is 108 Å². The van der Waals surface area contributed by atoms with E-state index in [0.717, 1.165) is 11.4 Å². The van der Waals surface area contributed by atoms with E-state index >= 15 is 0 Å². The number of carbonyl (C=O) groups excluding carboxylic acids is 1. The van der Waals surface area contributed by atoms with Gasteiger partial charge in [-0.25, -0.2) is 4.98 Å². The second-order valence-corrected chi connectivity index (χ2v) is 5.78. The highest BCUT2D eigenvalue weighted by Gasteiger charge is 2.12. The Kier molecular flexibility index (Phi) is 4.04. The Morgan fingerprint density at radius 3 is 2.94 bits per heavy atom. The van der Waals surface area contributed by atoms with Crippen molar-refractivity contribution in [3.8, 4) is 0 Å². The van der Waals surface area contributed by atoms with Crippen LogP contribution in [0.5, 0.6) is 0 Å². The third-order valence-corrected chi connectivity index (χ3v) is 4.36. The predicted molar refractivity (Wildman–Crippen MR) is 71.7 cm³/mol. The average molecular weight is 266 g/mol. The molecule has 0 saturated carbocycles. The van der Waals surface area contributed by atoms with Crippen LogP contribution in [0.2, 0.25) is 0 Å². The first-order valence-corrected chi connectivity index (χ1v) is 7.19. The first-order chi connectivity index (χ1) is 8.16. The largest absolute Gasteiger partial charge is 0.322 e. The third kappa shape index (κ3) is 3.21. The van der Waals surface area contributed by atoms with Crippen molar-refractivity contribution in [2.45, 2.75) is 25.8 Å². The van der Waals surface area contributed by atoms with Gasteiger partial charge in [-0.3, -0.25) is 4.79 Å². The normalized spacial score (nSPS) is 12.6. The summed E-state index contributed by atoms with van der Waals surface area (Å²) in [6.07, 6.45) is 1.31. The van der Waals surface area contributed by atoms with Crippen molar-refractivity contribution in [1.29, 1.82) is 0 Å². The monoisotopic (exact) mass is 266 g/mol. The number of nitrogens with zero attached hydrogens (tertiary/aromatic N) is 1. The van der Waals surface area contributed by atoms with Crippen LogP contribution in [0.3, 0.4) is 0 Å². The zero-order chi connectivity index (χ0) is 12.3. The first-order valence-electron chi connectivity index (χ1n) is 5.43. The van der Waals surface area contributed by atoms with Gasteiger partial charge in [-0.1, -0.05) is 6.07 Å². The van der Waals surface area contributed by atoms with E-state index in [1.807, 2.05) is 24.4 Å². The number of carbonyl (C=O) groups is 1. The second-order valence-electron chi connectivity index (χ2n) is 3.86. The van der Waals surface area contributed by atoms with Gasteiger partial charge in [0.05, 0.1) is 6.04 Å². The standard InChI is InChI=1S/C12H14N2OS2/c1-8(13)12-14-10(7-17-12)11(15)5-4-9-3-2-6-16-9/h2-3,6-8H,4-5,13H2,1H3. The average Bonchev–Trinajstić information content (AvgIpc) is 2.96. The summed E-state index contributed by atoms with van der Waals surface area (Å²) in [4.78, 5) is 17.4. The molecule has 0 fully saturated rings. The molecule has 2 aromatic rings. The van der Waals surface area contributed by atoms with Gasteiger partial charge in [0.2, 0.25) is 0 Å². The van der Waals surface area contributed by atoms with Crippen LogP contribution in [-0.4, -0.2) is 10.8 Å². The van der Waals surface area contributed by atoms with Gasteiger partial charge in [-0.2, -0.15) is 0 Å². The fourth-order valence-electron chi connectivity index (χ4n) is 1.44. The van der Waals surface area contributed by atoms with E-state index in [1.54, 1.807) is 16.7 Å². The molecule has 0 spiro atoms. The number of thiophene rings is 1. The summed E-state index contributed by atoms with van der Waals surface area (Å²) < 4.78 is 0. The molecule has 1 unspecified atom stereocenters. The number of rotatable bonds is 5. The Morgan fingerprint density at radius 2 is 2.35 bits per heavy atom. The number of thiazole rings is 1. The number of Topliss-reactive ketones (excluding diaryl/α,β-unsaturated/α-hetero) is 1. The smallest absolute Gasteiger partial charge is 0.182 e. The molecule has 2 aromatic heterocycles. The second kappa shape index (κ2) is 5.53. The van der Waals surface area contributed by atoms with Gasteiger partial charge in [-0.15, -0.1) is 22.7 Å². The Hall–Kier alpha value is -1.04. The van der Waals surface area contributed by atoms with Gasteiger partial charge in [-0.05, 0) is 24.8 Å². The highest BCUT2D eigenvalue weighted by Crippen LogP contribution is 2.18. The lowest BCUT2D eigenvalue weighted by Crippen LogP contribution is -2.06. The first kappa shape index (κ1) is 12.4. The van der Waals surface area contributed by atoms with Crippen LogP contribution < -0.4 is 5.73 Å². The van der Waals surface area contributed by atoms with E-state index in [2.05, 4.69) is 4.98 Å². The van der Waals surface area contributed by atoms with Gasteiger partial charge >= 0.3 is 0 Å². The van der Waals surface area contributed by atoms with Crippen LogP contribution >= 0.6 is 22.7 Å². The quantitative estimate of drug-likeness (QED) is 0.846. The molecule has 17 heavy (non-hydrogen) atoms. The molecule has 5 heteroatoms. The van der Waals surface area contributed by atoms with Crippen molar-refractivity contribution in [2.24, 2.45) is 5.73 Å². The Morgan fingerprint density at radius 1 is 1.53 bits per heavy atom. The summed E-state index contributed by atoms with van der Waals surface area (Å²) in [5.74, 6) is 0.0987. The van der Waals surface area contributed by atoms with Crippen LogP contribution in [0.1, 0.15) is 39.8 Å². The topological polar surface area (TPSA) is 56.0 Å². The fourth-order valence-corrected chi connectivity index (χ4v) is 2.94. The van der Waals surface area contributed by atoms with E-state index in [4.69, 9.17) is 5.73 Å². The molecule has 0 aliphatic rings. The van der Waals surface area contributed by atoms with E-state index in [1.165, 1.54) is 16.2 Å². The molecule has 0 aliphatic heterocycles. The maximum atomic E-state index is 11.9. The number of aromatic nitrogens is 1. The van der Waals surface area contributed by atoms with E-state index in [0.29, 0.717) is 12.1 Å². The number of nitrogens with two attached hydrogens (primary N) is 1. The molecule has 0 radical (unpaired) electrons. The number of hydrogen-bond donors (Lipinski definition) is 1. The SMILES string of the molecule is CC(N)c1nc(C(=O)CCc2cccs2)cs1. The van der Waals surface area contributed by atoms with E-state index in [9.17, 15) is 4.79 Å². The fraction of sp³-hybridized carbons (Fsp3) is 0.333. The van der Waals surface area contributed by atoms with Gasteiger partial charge < -0.3 is 5.73 Å². The maximum Gasteiger partial charge on any atom is 0.182 e. The van der Waals surface area contributed by atoms with Crippen LogP contribution in [0.15, 0.2) is 22.9 Å². The van der Waals surface area contributed by atoms with Crippen molar-refractivity contribution in [2.75, 3.05) is 0 Å². The van der Waals surface area contributed by atoms with E-state index in [-0.39, 0.29) is 11.8 Å². The number of hydrogen-bond acceptors (Lipinski definition) is 5. The molecule has 0 aliphatic carbocycles. The zero-order valence-corrected chi connectivity index (χ0v) is 11.2. The van der Waals surface area contributed by atoms with Gasteiger partial charge in [0.25, 0.3) is 0 Å². The molecule has 3 nitrogen and oxygen atoms in total. The van der Waals surface area contributed by atoms with Crippen molar-refractivity contribution in [3.05, 3.63) is 38.5 Å². The van der Waals surface area contributed by atoms with Crippen LogP contribution in [-0.2, 0) is 6.42 Å². The summed E-state index contributed by atoms with van der Waals surface area (Å²) >= 11 is 3.14. The zero-order valence-electron chi connectivity index (χ0n) is 9.55. The lowest BCUT2D eigenvalue weighted by Gasteiger charge is -1.98. The molecule has 0 saturated heterocycles. The minimum atomic E-state index is -0.0983. The number of ketones is 1. The molecule has 0 bridgehead atoms. The lowest BCUT2D eigenvalue weighted by molar-refractivity contribution is 0.0979. The summed E-state index contributed by atoms with van der Waals surface area (Å²) in [5.41, 5.74) is 6.27. The molecule has 2 heterocycles. The van der Waals surface area contributed by atoms with Gasteiger partial charge in [0.1, 0.15) is 10.7 Å². The number of aryl methyl sites for hydroxylation is 1.